The van der Waals surface area contributed by atoms with E-state index in [1.807, 2.05) is 0 Å². The molecule has 1 atom stereocenters. The molecule has 0 spiro atoms. The van der Waals surface area contributed by atoms with Crippen molar-refractivity contribution in [2.75, 3.05) is 5.32 Å². The predicted octanol–water partition coefficient (Wildman–Crippen LogP) is 2.01. The number of benzene rings is 2. The van der Waals surface area contributed by atoms with Crippen molar-refractivity contribution in [2.24, 2.45) is 0 Å². The Bertz CT molecular complexity index is 627. The number of aliphatic hydroxyl groups is 1. The summed E-state index contributed by atoms with van der Waals surface area (Å²) in [6.07, 6.45) is 0. The molecule has 4 heteroatoms. The topological polar surface area (TPSA) is 49.3 Å². The second-order valence-electron chi connectivity index (χ2n) is 4.22. The number of rotatable bonds is 1. The normalized spacial score (nSPS) is 21.6. The van der Waals surface area contributed by atoms with E-state index in [-0.39, 0.29) is 5.56 Å². The Balaban J connectivity index is 2.25. The molecule has 2 N–H and O–H groups in total. The molecule has 0 saturated heterocycles. The van der Waals surface area contributed by atoms with Crippen LogP contribution in [0.3, 0.4) is 0 Å². The first-order valence-electron chi connectivity index (χ1n) is 5.52. The van der Waals surface area contributed by atoms with Crippen molar-refractivity contribution in [3.8, 4) is 0 Å². The third-order valence-corrected chi connectivity index (χ3v) is 3.14. The molecule has 3 nitrogen and oxygen atoms in total. The maximum absolute atomic E-state index is 13.3. The Morgan fingerprint density at radius 3 is 2.56 bits per heavy atom. The fourth-order valence-electron chi connectivity index (χ4n) is 2.23. The van der Waals surface area contributed by atoms with E-state index in [2.05, 4.69) is 5.32 Å². The average Bonchev–Trinajstić information content (AvgIpc) is 2.64. The van der Waals surface area contributed by atoms with E-state index in [4.69, 9.17) is 0 Å². The average molecular weight is 243 g/mol. The molecule has 1 aliphatic heterocycles. The van der Waals surface area contributed by atoms with Crippen molar-refractivity contribution in [1.29, 1.82) is 0 Å². The maximum atomic E-state index is 13.3. The van der Waals surface area contributed by atoms with Gasteiger partial charge in [-0.25, -0.2) is 4.39 Å². The molecule has 2 aromatic carbocycles. The van der Waals surface area contributed by atoms with Crippen LogP contribution >= 0.6 is 0 Å². The zero-order chi connectivity index (χ0) is 12.8. The number of halogens is 1. The molecular formula is C14H10FNO2. The molecule has 0 aromatic heterocycles. The number of fused-ring (bicyclic) bond motifs is 1. The highest BCUT2D eigenvalue weighted by atomic mass is 19.1. The second kappa shape index (κ2) is 3.65. The van der Waals surface area contributed by atoms with Crippen molar-refractivity contribution in [3.05, 3.63) is 65.5 Å². The third kappa shape index (κ3) is 1.36. The van der Waals surface area contributed by atoms with E-state index in [1.54, 1.807) is 30.3 Å². The fourth-order valence-corrected chi connectivity index (χ4v) is 2.23. The van der Waals surface area contributed by atoms with Crippen LogP contribution in [0.25, 0.3) is 0 Å². The van der Waals surface area contributed by atoms with Gasteiger partial charge in [0, 0.05) is 11.3 Å². The van der Waals surface area contributed by atoms with Crippen LogP contribution in [0.4, 0.5) is 10.1 Å². The predicted molar refractivity (Wildman–Crippen MR) is 64.5 cm³/mol. The smallest absolute Gasteiger partial charge is 0.265 e. The van der Waals surface area contributed by atoms with E-state index < -0.39 is 17.3 Å². The van der Waals surface area contributed by atoms with Crippen LogP contribution in [0.5, 0.6) is 0 Å². The first kappa shape index (κ1) is 10.9. The van der Waals surface area contributed by atoms with E-state index >= 15 is 0 Å². The molecule has 0 saturated carbocycles. The van der Waals surface area contributed by atoms with Crippen molar-refractivity contribution < 1.29 is 14.3 Å². The minimum Gasteiger partial charge on any atom is -0.372 e. The van der Waals surface area contributed by atoms with Gasteiger partial charge in [0.25, 0.3) is 5.91 Å². The monoisotopic (exact) mass is 243 g/mol. The number of amides is 1. The van der Waals surface area contributed by atoms with Gasteiger partial charge in [-0.05, 0) is 23.8 Å². The number of anilines is 1. The number of carbonyl (C=O) groups is 1. The largest absolute Gasteiger partial charge is 0.372 e. The molecule has 90 valence electrons. The summed E-state index contributed by atoms with van der Waals surface area (Å²) in [4.78, 5) is 12.0. The molecule has 0 radical (unpaired) electrons. The summed E-state index contributed by atoms with van der Waals surface area (Å²) in [5.74, 6) is -1.05. The Morgan fingerprint density at radius 1 is 1.11 bits per heavy atom. The van der Waals surface area contributed by atoms with Gasteiger partial charge in [0.15, 0.2) is 5.60 Å². The van der Waals surface area contributed by atoms with E-state index in [0.717, 1.165) is 0 Å². The molecule has 2 aromatic rings. The molecular weight excluding hydrogens is 233 g/mol. The van der Waals surface area contributed by atoms with Crippen LogP contribution in [0.2, 0.25) is 0 Å². The lowest BCUT2D eigenvalue weighted by Crippen LogP contribution is -2.35. The van der Waals surface area contributed by atoms with Crippen molar-refractivity contribution in [3.63, 3.8) is 0 Å². The number of nitrogens with one attached hydrogen (secondary N) is 1. The van der Waals surface area contributed by atoms with Crippen molar-refractivity contribution >= 4 is 11.6 Å². The van der Waals surface area contributed by atoms with Gasteiger partial charge in [-0.15, -0.1) is 0 Å². The van der Waals surface area contributed by atoms with Crippen molar-refractivity contribution in [1.82, 2.24) is 0 Å². The van der Waals surface area contributed by atoms with Gasteiger partial charge in [0.1, 0.15) is 5.82 Å². The number of hydrogen-bond acceptors (Lipinski definition) is 2. The van der Waals surface area contributed by atoms with Gasteiger partial charge in [-0.1, -0.05) is 30.3 Å². The zero-order valence-electron chi connectivity index (χ0n) is 9.35. The lowest BCUT2D eigenvalue weighted by molar-refractivity contribution is -0.129. The summed E-state index contributed by atoms with van der Waals surface area (Å²) >= 11 is 0. The third-order valence-electron chi connectivity index (χ3n) is 3.14. The van der Waals surface area contributed by atoms with Gasteiger partial charge >= 0.3 is 0 Å². The Morgan fingerprint density at radius 2 is 1.83 bits per heavy atom. The molecule has 1 aliphatic rings. The molecule has 0 aliphatic carbocycles. The van der Waals surface area contributed by atoms with Gasteiger partial charge in [-0.3, -0.25) is 4.79 Å². The van der Waals surface area contributed by atoms with Crippen LogP contribution in [-0.4, -0.2) is 11.0 Å². The highest BCUT2D eigenvalue weighted by Gasteiger charge is 2.46. The first-order valence-corrected chi connectivity index (χ1v) is 5.52. The quantitative estimate of drug-likeness (QED) is 0.805. The molecule has 0 unspecified atom stereocenters. The van der Waals surface area contributed by atoms with Gasteiger partial charge < -0.3 is 10.4 Å². The SMILES string of the molecule is O=C1Nc2ccc(F)cc2[C@]1(O)c1ccccc1. The molecule has 1 amide bonds. The van der Waals surface area contributed by atoms with Gasteiger partial charge in [0.05, 0.1) is 0 Å². The Hall–Kier alpha value is -2.20. The van der Waals surface area contributed by atoms with Crippen LogP contribution in [0.1, 0.15) is 11.1 Å². The van der Waals surface area contributed by atoms with E-state index in [0.29, 0.717) is 11.3 Å². The van der Waals surface area contributed by atoms with Gasteiger partial charge in [0.2, 0.25) is 0 Å². The van der Waals surface area contributed by atoms with Gasteiger partial charge in [-0.2, -0.15) is 0 Å². The maximum Gasteiger partial charge on any atom is 0.265 e. The summed E-state index contributed by atoms with van der Waals surface area (Å²) in [5, 5.41) is 13.2. The summed E-state index contributed by atoms with van der Waals surface area (Å²) in [6, 6.07) is 12.4. The molecule has 18 heavy (non-hydrogen) atoms. The lowest BCUT2D eigenvalue weighted by Gasteiger charge is -2.21. The number of hydrogen-bond donors (Lipinski definition) is 2. The second-order valence-corrected chi connectivity index (χ2v) is 4.22. The number of carbonyl (C=O) groups excluding carboxylic acids is 1. The molecule has 0 bridgehead atoms. The standard InChI is InChI=1S/C14H10FNO2/c15-10-6-7-12-11(8-10)14(18,13(17)16-12)9-4-2-1-3-5-9/h1-8,18H,(H,16,17)/t14-/m1/s1. The van der Waals surface area contributed by atoms with E-state index in [1.165, 1.54) is 18.2 Å². The highest BCUT2D eigenvalue weighted by molar-refractivity contribution is 6.07. The first-order chi connectivity index (χ1) is 8.62. The molecule has 1 heterocycles. The van der Waals surface area contributed by atoms with Crippen LogP contribution in [0, 0.1) is 5.82 Å². The minimum atomic E-state index is -1.82. The summed E-state index contributed by atoms with van der Waals surface area (Å²) < 4.78 is 13.3. The lowest BCUT2D eigenvalue weighted by atomic mass is 9.87. The molecule has 0 fully saturated rings. The van der Waals surface area contributed by atoms with Crippen LogP contribution in [0.15, 0.2) is 48.5 Å². The van der Waals surface area contributed by atoms with Crippen molar-refractivity contribution in [2.45, 2.75) is 5.60 Å². The Kier molecular flexibility index (Phi) is 2.21. The minimum absolute atomic E-state index is 0.249. The highest BCUT2D eigenvalue weighted by Crippen LogP contribution is 2.40. The summed E-state index contributed by atoms with van der Waals surface area (Å²) in [6.45, 7) is 0. The summed E-state index contributed by atoms with van der Waals surface area (Å²) in [5.41, 5.74) is -0.711. The Labute approximate surface area is 103 Å². The van der Waals surface area contributed by atoms with Crippen LogP contribution < -0.4 is 5.32 Å². The summed E-state index contributed by atoms with van der Waals surface area (Å²) in [7, 11) is 0. The van der Waals surface area contributed by atoms with Crippen LogP contribution in [-0.2, 0) is 10.4 Å². The van der Waals surface area contributed by atoms with E-state index in [9.17, 15) is 14.3 Å². The zero-order valence-corrected chi connectivity index (χ0v) is 9.35. The molecule has 3 rings (SSSR count). The fraction of sp³-hybridized carbons (Fsp3) is 0.0714.